The maximum Gasteiger partial charge on any atom is 0.243 e. The summed E-state index contributed by atoms with van der Waals surface area (Å²) in [7, 11) is -7.45. The van der Waals surface area contributed by atoms with E-state index in [1.807, 2.05) is 6.07 Å². The fourth-order valence-electron chi connectivity index (χ4n) is 4.62. The minimum atomic E-state index is -3.78. The van der Waals surface area contributed by atoms with Gasteiger partial charge in [0.15, 0.2) is 11.5 Å². The number of ether oxygens (including phenoxy) is 2. The van der Waals surface area contributed by atoms with E-state index in [2.05, 4.69) is 0 Å². The second-order valence-electron chi connectivity index (χ2n) is 8.60. The molecule has 0 unspecified atom stereocenters. The Bertz CT molecular complexity index is 1250. The van der Waals surface area contributed by atoms with Crippen molar-refractivity contribution in [1.82, 2.24) is 8.61 Å². The van der Waals surface area contributed by atoms with Gasteiger partial charge in [-0.15, -0.1) is 0 Å². The number of sulfonamides is 2. The number of piperazine rings is 1. The van der Waals surface area contributed by atoms with Crippen LogP contribution in [0.4, 0.5) is 0 Å². The molecule has 178 valence electrons. The van der Waals surface area contributed by atoms with Crippen LogP contribution in [-0.2, 0) is 32.9 Å². The number of hydrogen-bond donors (Lipinski definition) is 0. The zero-order chi connectivity index (χ0) is 23.1. The Morgan fingerprint density at radius 1 is 0.606 bits per heavy atom. The Balaban J connectivity index is 1.31. The summed E-state index contributed by atoms with van der Waals surface area (Å²) in [6, 6.07) is 10.0. The average Bonchev–Trinajstić information content (AvgIpc) is 3.09. The van der Waals surface area contributed by atoms with E-state index in [4.69, 9.17) is 9.47 Å². The number of hydrogen-bond acceptors (Lipinski definition) is 6. The lowest BCUT2D eigenvalue weighted by molar-refractivity contribution is 0.272. The Kier molecular flexibility index (Phi) is 6.11. The zero-order valence-electron chi connectivity index (χ0n) is 18.4. The highest BCUT2D eigenvalue weighted by atomic mass is 32.2. The number of aryl methyl sites for hydroxylation is 2. The third-order valence-electron chi connectivity index (χ3n) is 6.51. The third kappa shape index (κ3) is 4.37. The van der Waals surface area contributed by atoms with E-state index in [9.17, 15) is 16.8 Å². The number of rotatable bonds is 4. The smallest absolute Gasteiger partial charge is 0.243 e. The number of benzene rings is 2. The van der Waals surface area contributed by atoms with E-state index in [0.717, 1.165) is 37.7 Å². The Labute approximate surface area is 195 Å². The molecule has 1 aliphatic carbocycles. The summed E-state index contributed by atoms with van der Waals surface area (Å²) in [6.07, 6.45) is 4.84. The van der Waals surface area contributed by atoms with Gasteiger partial charge in [0.05, 0.1) is 23.0 Å². The molecule has 2 heterocycles. The van der Waals surface area contributed by atoms with Crippen molar-refractivity contribution in [3.63, 3.8) is 0 Å². The van der Waals surface area contributed by atoms with E-state index in [1.165, 1.54) is 26.3 Å². The average molecular weight is 493 g/mol. The predicted octanol–water partition coefficient (Wildman–Crippen LogP) is 2.42. The molecule has 1 saturated heterocycles. The molecule has 5 rings (SSSR count). The van der Waals surface area contributed by atoms with Gasteiger partial charge < -0.3 is 9.47 Å². The molecule has 0 radical (unpaired) electrons. The molecule has 0 bridgehead atoms. The SMILES string of the molecule is O=S(=O)(c1ccc2c(c1)CCCC2)N1CCN(S(=O)(=O)c2ccc3c(c2)OCCCO3)CC1. The molecule has 1 fully saturated rings. The van der Waals surface area contributed by atoms with Gasteiger partial charge in [-0.25, -0.2) is 16.8 Å². The first-order valence-corrected chi connectivity index (χ1v) is 14.3. The van der Waals surface area contributed by atoms with Crippen molar-refractivity contribution >= 4 is 20.0 Å². The van der Waals surface area contributed by atoms with Gasteiger partial charge in [-0.05, 0) is 61.1 Å². The first kappa shape index (κ1) is 22.6. The summed E-state index contributed by atoms with van der Waals surface area (Å²) in [6.45, 7) is 1.42. The van der Waals surface area contributed by atoms with Gasteiger partial charge in [0.25, 0.3) is 0 Å². The minimum absolute atomic E-state index is 0.0982. The van der Waals surface area contributed by atoms with Crippen LogP contribution in [0.15, 0.2) is 46.2 Å². The predicted molar refractivity (Wildman–Crippen MR) is 123 cm³/mol. The molecule has 0 amide bonds. The van der Waals surface area contributed by atoms with Crippen LogP contribution in [-0.4, -0.2) is 64.8 Å². The van der Waals surface area contributed by atoms with Gasteiger partial charge >= 0.3 is 0 Å². The van der Waals surface area contributed by atoms with Crippen molar-refractivity contribution < 1.29 is 26.3 Å². The second kappa shape index (κ2) is 8.90. The van der Waals surface area contributed by atoms with Gasteiger partial charge in [0, 0.05) is 38.7 Å². The van der Waals surface area contributed by atoms with E-state index in [1.54, 1.807) is 18.2 Å². The molecular formula is C23H28N2O6S2. The van der Waals surface area contributed by atoms with Crippen molar-refractivity contribution in [2.45, 2.75) is 41.9 Å². The summed E-state index contributed by atoms with van der Waals surface area (Å²) >= 11 is 0. The third-order valence-corrected chi connectivity index (χ3v) is 10.3. The number of nitrogens with zero attached hydrogens (tertiary/aromatic N) is 2. The van der Waals surface area contributed by atoms with Crippen molar-refractivity contribution in [3.05, 3.63) is 47.5 Å². The lowest BCUT2D eigenvalue weighted by Gasteiger charge is -2.33. The zero-order valence-corrected chi connectivity index (χ0v) is 20.0. The second-order valence-corrected chi connectivity index (χ2v) is 12.5. The van der Waals surface area contributed by atoms with E-state index >= 15 is 0 Å². The molecule has 2 aromatic rings. The highest BCUT2D eigenvalue weighted by Gasteiger charge is 2.34. The fourth-order valence-corrected chi connectivity index (χ4v) is 7.53. The van der Waals surface area contributed by atoms with E-state index < -0.39 is 20.0 Å². The summed E-state index contributed by atoms with van der Waals surface area (Å²) < 4.78 is 66.8. The van der Waals surface area contributed by atoms with Crippen molar-refractivity contribution in [2.75, 3.05) is 39.4 Å². The molecule has 0 atom stereocenters. The molecular weight excluding hydrogens is 464 g/mol. The molecule has 8 nitrogen and oxygen atoms in total. The molecule has 10 heteroatoms. The number of fused-ring (bicyclic) bond motifs is 2. The molecule has 2 aliphatic heterocycles. The monoisotopic (exact) mass is 492 g/mol. The Hall–Kier alpha value is -2.14. The highest BCUT2D eigenvalue weighted by Crippen LogP contribution is 2.33. The van der Waals surface area contributed by atoms with Crippen LogP contribution in [0.25, 0.3) is 0 Å². The fraction of sp³-hybridized carbons (Fsp3) is 0.478. The maximum absolute atomic E-state index is 13.2. The van der Waals surface area contributed by atoms with Crippen LogP contribution in [0.1, 0.15) is 30.4 Å². The van der Waals surface area contributed by atoms with Crippen LogP contribution in [0.5, 0.6) is 11.5 Å². The molecule has 0 spiro atoms. The largest absolute Gasteiger partial charge is 0.490 e. The van der Waals surface area contributed by atoms with E-state index in [0.29, 0.717) is 29.6 Å². The van der Waals surface area contributed by atoms with E-state index in [-0.39, 0.29) is 31.1 Å². The van der Waals surface area contributed by atoms with Gasteiger partial charge in [0.1, 0.15) is 0 Å². The van der Waals surface area contributed by atoms with Gasteiger partial charge in [-0.1, -0.05) is 6.07 Å². The standard InChI is InChI=1S/C23H28N2O6S2/c26-32(27,20-7-6-18-4-1-2-5-19(18)16-20)24-10-12-25(13-11-24)33(28,29)21-8-9-22-23(17-21)31-15-3-14-30-22/h6-9,16-17H,1-5,10-15H2. The Morgan fingerprint density at radius 3 is 1.82 bits per heavy atom. The van der Waals surface area contributed by atoms with Crippen LogP contribution in [0.3, 0.4) is 0 Å². The lowest BCUT2D eigenvalue weighted by Crippen LogP contribution is -2.50. The van der Waals surface area contributed by atoms with Gasteiger partial charge in [-0.2, -0.15) is 8.61 Å². The molecule has 0 N–H and O–H groups in total. The Morgan fingerprint density at radius 2 is 1.15 bits per heavy atom. The highest BCUT2D eigenvalue weighted by molar-refractivity contribution is 7.89. The summed E-state index contributed by atoms with van der Waals surface area (Å²) in [4.78, 5) is 0.417. The summed E-state index contributed by atoms with van der Waals surface area (Å²) in [5.41, 5.74) is 2.34. The minimum Gasteiger partial charge on any atom is -0.490 e. The molecule has 0 aromatic heterocycles. The summed E-state index contributed by atoms with van der Waals surface area (Å²) in [5, 5.41) is 0. The van der Waals surface area contributed by atoms with Crippen LogP contribution in [0.2, 0.25) is 0 Å². The van der Waals surface area contributed by atoms with Gasteiger partial charge in [0.2, 0.25) is 20.0 Å². The van der Waals surface area contributed by atoms with Gasteiger partial charge in [-0.3, -0.25) is 0 Å². The summed E-state index contributed by atoms with van der Waals surface area (Å²) in [5.74, 6) is 0.953. The quantitative estimate of drug-likeness (QED) is 0.651. The van der Waals surface area contributed by atoms with Crippen molar-refractivity contribution in [3.8, 4) is 11.5 Å². The lowest BCUT2D eigenvalue weighted by atomic mass is 9.92. The van der Waals surface area contributed by atoms with Crippen LogP contribution >= 0.6 is 0 Å². The first-order valence-electron chi connectivity index (χ1n) is 11.4. The van der Waals surface area contributed by atoms with Crippen LogP contribution < -0.4 is 9.47 Å². The first-order chi connectivity index (χ1) is 15.9. The molecule has 33 heavy (non-hydrogen) atoms. The normalized spacial score (nSPS) is 20.1. The van der Waals surface area contributed by atoms with Crippen molar-refractivity contribution in [2.24, 2.45) is 0 Å². The molecule has 2 aromatic carbocycles. The maximum atomic E-state index is 13.2. The topological polar surface area (TPSA) is 93.2 Å². The molecule has 0 saturated carbocycles. The molecule has 3 aliphatic rings. The van der Waals surface area contributed by atoms with Crippen LogP contribution in [0, 0.1) is 0 Å². The van der Waals surface area contributed by atoms with Crippen molar-refractivity contribution in [1.29, 1.82) is 0 Å².